The van der Waals surface area contributed by atoms with Crippen molar-refractivity contribution < 1.29 is 4.79 Å². The maximum atomic E-state index is 12.1. The van der Waals surface area contributed by atoms with E-state index >= 15 is 0 Å². The highest BCUT2D eigenvalue weighted by atomic mass is 16.1. The Morgan fingerprint density at radius 1 is 1.04 bits per heavy atom. The standard InChI is InChI=1S/C19H21N3O/c1-12(2)18(23)13(3)14-8-10-15(11-9-14)20-19-21-16-6-4-5-7-17(16)22-19/h4-13H,1-3H3,(H2,20,21,22). The number of Topliss-reactive ketones (excluding diaryl/α,β-unsaturated/α-hetero) is 1. The number of hydrogen-bond donors (Lipinski definition) is 2. The predicted octanol–water partition coefficient (Wildman–Crippen LogP) is 4.64. The number of imidazole rings is 1. The van der Waals surface area contributed by atoms with Crippen LogP contribution in [0.5, 0.6) is 0 Å². The molecule has 4 nitrogen and oxygen atoms in total. The quantitative estimate of drug-likeness (QED) is 0.722. The Balaban J connectivity index is 1.75. The second-order valence-corrected chi connectivity index (χ2v) is 6.13. The van der Waals surface area contributed by atoms with Crippen LogP contribution in [0.15, 0.2) is 48.5 Å². The van der Waals surface area contributed by atoms with Crippen molar-refractivity contribution in [1.82, 2.24) is 9.97 Å². The summed E-state index contributed by atoms with van der Waals surface area (Å²) >= 11 is 0. The van der Waals surface area contributed by atoms with Gasteiger partial charge in [-0.05, 0) is 29.8 Å². The minimum Gasteiger partial charge on any atom is -0.326 e. The van der Waals surface area contributed by atoms with Crippen LogP contribution in [0.25, 0.3) is 11.0 Å². The van der Waals surface area contributed by atoms with Crippen molar-refractivity contribution in [1.29, 1.82) is 0 Å². The van der Waals surface area contributed by atoms with Crippen LogP contribution in [-0.4, -0.2) is 15.8 Å². The number of anilines is 2. The number of nitrogens with zero attached hydrogens (tertiary/aromatic N) is 1. The summed E-state index contributed by atoms with van der Waals surface area (Å²) in [5.41, 5.74) is 3.92. The normalized spacial score (nSPS) is 12.5. The third-order valence-electron chi connectivity index (χ3n) is 4.06. The lowest BCUT2D eigenvalue weighted by Gasteiger charge is -2.14. The van der Waals surface area contributed by atoms with Gasteiger partial charge in [0.25, 0.3) is 0 Å². The van der Waals surface area contributed by atoms with Crippen molar-refractivity contribution in [2.24, 2.45) is 5.92 Å². The highest BCUT2D eigenvalue weighted by Crippen LogP contribution is 2.23. The molecular weight excluding hydrogens is 286 g/mol. The van der Waals surface area contributed by atoms with Crippen LogP contribution in [0.4, 0.5) is 11.6 Å². The van der Waals surface area contributed by atoms with Gasteiger partial charge < -0.3 is 10.3 Å². The predicted molar refractivity (Wildman–Crippen MR) is 94.1 cm³/mol. The summed E-state index contributed by atoms with van der Waals surface area (Å²) in [5, 5.41) is 3.26. The molecule has 0 fully saturated rings. The fraction of sp³-hybridized carbons (Fsp3) is 0.263. The van der Waals surface area contributed by atoms with E-state index in [0.717, 1.165) is 22.3 Å². The van der Waals surface area contributed by atoms with Gasteiger partial charge in [-0.1, -0.05) is 45.0 Å². The van der Waals surface area contributed by atoms with E-state index in [1.807, 2.05) is 69.3 Å². The molecule has 0 saturated heterocycles. The smallest absolute Gasteiger partial charge is 0.205 e. The zero-order chi connectivity index (χ0) is 16.4. The molecule has 1 unspecified atom stereocenters. The SMILES string of the molecule is CC(C)C(=O)C(C)c1ccc(Nc2nc3ccccc3[nH]2)cc1. The lowest BCUT2D eigenvalue weighted by molar-refractivity contribution is -0.123. The van der Waals surface area contributed by atoms with E-state index in [1.54, 1.807) is 0 Å². The number of ketones is 1. The Labute approximate surface area is 136 Å². The number of aromatic amines is 1. The van der Waals surface area contributed by atoms with Crippen molar-refractivity contribution in [3.63, 3.8) is 0 Å². The first kappa shape index (κ1) is 15.3. The monoisotopic (exact) mass is 307 g/mol. The molecule has 0 saturated carbocycles. The first-order valence-corrected chi connectivity index (χ1v) is 7.90. The number of carbonyl (C=O) groups is 1. The minimum atomic E-state index is -0.0738. The summed E-state index contributed by atoms with van der Waals surface area (Å²) in [6.07, 6.45) is 0. The minimum absolute atomic E-state index is 0.0540. The summed E-state index contributed by atoms with van der Waals surface area (Å²) in [7, 11) is 0. The molecular formula is C19H21N3O. The van der Waals surface area contributed by atoms with Gasteiger partial charge in [-0.3, -0.25) is 4.79 Å². The Hall–Kier alpha value is -2.62. The van der Waals surface area contributed by atoms with Crippen LogP contribution >= 0.6 is 0 Å². The number of aromatic nitrogens is 2. The second kappa shape index (κ2) is 6.24. The van der Waals surface area contributed by atoms with Crippen LogP contribution in [0.2, 0.25) is 0 Å². The maximum absolute atomic E-state index is 12.1. The van der Waals surface area contributed by atoms with Gasteiger partial charge in [-0.15, -0.1) is 0 Å². The summed E-state index contributed by atoms with van der Waals surface area (Å²) in [4.78, 5) is 19.8. The summed E-state index contributed by atoms with van der Waals surface area (Å²) in [5.74, 6) is 0.960. The molecule has 1 heterocycles. The lowest BCUT2D eigenvalue weighted by Crippen LogP contribution is -2.15. The number of fused-ring (bicyclic) bond motifs is 1. The molecule has 2 N–H and O–H groups in total. The molecule has 0 aliphatic carbocycles. The Morgan fingerprint density at radius 3 is 2.39 bits per heavy atom. The maximum Gasteiger partial charge on any atom is 0.205 e. The fourth-order valence-electron chi connectivity index (χ4n) is 2.67. The van der Waals surface area contributed by atoms with Gasteiger partial charge in [0.05, 0.1) is 11.0 Å². The van der Waals surface area contributed by atoms with Crippen LogP contribution in [0.1, 0.15) is 32.3 Å². The van der Waals surface area contributed by atoms with Crippen LogP contribution in [0.3, 0.4) is 0 Å². The first-order chi connectivity index (χ1) is 11.0. The number of hydrogen-bond acceptors (Lipinski definition) is 3. The number of benzene rings is 2. The zero-order valence-corrected chi connectivity index (χ0v) is 13.6. The van der Waals surface area contributed by atoms with E-state index in [1.165, 1.54) is 0 Å². The van der Waals surface area contributed by atoms with E-state index in [-0.39, 0.29) is 17.6 Å². The van der Waals surface area contributed by atoms with E-state index in [0.29, 0.717) is 5.95 Å². The van der Waals surface area contributed by atoms with Crippen LogP contribution in [-0.2, 0) is 4.79 Å². The molecule has 0 amide bonds. The Bertz CT molecular complexity index is 785. The van der Waals surface area contributed by atoms with Gasteiger partial charge in [0.2, 0.25) is 5.95 Å². The molecule has 3 rings (SSSR count). The first-order valence-electron chi connectivity index (χ1n) is 7.90. The van der Waals surface area contributed by atoms with Gasteiger partial charge >= 0.3 is 0 Å². The summed E-state index contributed by atoms with van der Waals surface area (Å²) in [6, 6.07) is 15.9. The number of nitrogens with one attached hydrogen (secondary N) is 2. The van der Waals surface area contributed by atoms with Crippen molar-refractivity contribution in [2.45, 2.75) is 26.7 Å². The zero-order valence-electron chi connectivity index (χ0n) is 13.6. The summed E-state index contributed by atoms with van der Waals surface area (Å²) in [6.45, 7) is 5.84. The molecule has 2 aromatic carbocycles. The Morgan fingerprint density at radius 2 is 1.74 bits per heavy atom. The third kappa shape index (κ3) is 3.26. The molecule has 0 radical (unpaired) electrons. The van der Waals surface area contributed by atoms with Crippen molar-refractivity contribution in [2.75, 3.05) is 5.32 Å². The van der Waals surface area contributed by atoms with Crippen LogP contribution < -0.4 is 5.32 Å². The molecule has 0 aliphatic rings. The van der Waals surface area contributed by atoms with Gasteiger partial charge in [0, 0.05) is 17.5 Å². The lowest BCUT2D eigenvalue weighted by atomic mass is 9.90. The molecule has 4 heteroatoms. The number of carbonyl (C=O) groups excluding carboxylic acids is 1. The second-order valence-electron chi connectivity index (χ2n) is 6.13. The fourth-order valence-corrected chi connectivity index (χ4v) is 2.67. The molecule has 1 atom stereocenters. The van der Waals surface area contributed by atoms with Gasteiger partial charge in [0.1, 0.15) is 5.78 Å². The molecule has 23 heavy (non-hydrogen) atoms. The van der Waals surface area contributed by atoms with Crippen molar-refractivity contribution in [3.8, 4) is 0 Å². The van der Waals surface area contributed by atoms with E-state index in [2.05, 4.69) is 15.3 Å². The van der Waals surface area contributed by atoms with E-state index in [4.69, 9.17) is 0 Å². The largest absolute Gasteiger partial charge is 0.326 e. The highest BCUT2D eigenvalue weighted by Gasteiger charge is 2.18. The molecule has 0 bridgehead atoms. The molecule has 0 aliphatic heterocycles. The number of rotatable bonds is 5. The van der Waals surface area contributed by atoms with Gasteiger partial charge in [-0.2, -0.15) is 0 Å². The third-order valence-corrected chi connectivity index (χ3v) is 4.06. The Kier molecular flexibility index (Phi) is 4.15. The van der Waals surface area contributed by atoms with Crippen LogP contribution in [0, 0.1) is 5.92 Å². The van der Waals surface area contributed by atoms with Gasteiger partial charge in [-0.25, -0.2) is 4.98 Å². The molecule has 118 valence electrons. The highest BCUT2D eigenvalue weighted by molar-refractivity contribution is 5.87. The molecule has 1 aromatic heterocycles. The number of para-hydroxylation sites is 2. The van der Waals surface area contributed by atoms with Gasteiger partial charge in [0.15, 0.2) is 0 Å². The van der Waals surface area contributed by atoms with Crippen molar-refractivity contribution in [3.05, 3.63) is 54.1 Å². The van der Waals surface area contributed by atoms with E-state index < -0.39 is 0 Å². The molecule has 3 aromatic rings. The molecule has 0 spiro atoms. The number of H-pyrrole nitrogens is 1. The average molecular weight is 307 g/mol. The summed E-state index contributed by atoms with van der Waals surface area (Å²) < 4.78 is 0. The van der Waals surface area contributed by atoms with E-state index in [9.17, 15) is 4.79 Å². The topological polar surface area (TPSA) is 57.8 Å². The average Bonchev–Trinajstić information content (AvgIpc) is 2.96. The van der Waals surface area contributed by atoms with Crippen molar-refractivity contribution >= 4 is 28.5 Å².